The molecule has 0 aliphatic carbocycles. The van der Waals surface area contributed by atoms with Gasteiger partial charge in [-0.15, -0.1) is 0 Å². The highest BCUT2D eigenvalue weighted by Crippen LogP contribution is 2.50. The van der Waals surface area contributed by atoms with Gasteiger partial charge < -0.3 is 26.8 Å². The lowest BCUT2D eigenvalue weighted by Gasteiger charge is -2.16. The Kier molecular flexibility index (Phi) is 14.2. The second-order valence-electron chi connectivity index (χ2n) is 33.2. The van der Waals surface area contributed by atoms with Crippen LogP contribution in [0.1, 0.15) is 0 Å². The van der Waals surface area contributed by atoms with Gasteiger partial charge in [-0.25, -0.2) is 29.9 Å². The fraction of sp³-hybridized carbons (Fsp3) is 0. The smallest absolute Gasteiger partial charge is 0.166 e. The van der Waals surface area contributed by atoms with Gasteiger partial charge in [-0.05, 0) is 221 Å². The maximum absolute atomic E-state index is 7.02. The standard InChI is InChI=1S/C114H62N8O4/c1-2-19-64(20-3-1)109-115-111(78-38-41-82-81-30-14-16-32-97(81)124-102(82)61-78)119-113(117-109)107-91(43-46-100-105(107)84-31-15-17-33-98(84)123-100)121-95-58-72-28-12-8-24-68(72)52-87(95)88-55-80-49-74(35-36-76(80)59-96(88)121)75-40-45-99-89(53-75)83-42-39-79(62-103(83)125-99)112-116-110(77-37-34-63-18-4-5-21-65(63)48-77)118-114(120-112)108-92(44-47-101-106(108)90-54-69-25-9-13-29-73(69)60-104(90)126-101)122-93-56-70-26-10-6-22-66(70)50-85(93)86-51-67-23-7-11-27-71(67)57-94(86)122/h1-62H. The monoisotopic (exact) mass is 1610 g/mol. The topological polar surface area (TPSA) is 140 Å². The molecule has 0 atom stereocenters. The highest BCUT2D eigenvalue weighted by atomic mass is 16.3. The Labute approximate surface area is 715 Å². The summed E-state index contributed by atoms with van der Waals surface area (Å²) in [5.74, 6) is 3.06. The van der Waals surface area contributed by atoms with Crippen LogP contribution in [0.5, 0.6) is 0 Å². The highest BCUT2D eigenvalue weighted by Gasteiger charge is 2.30. The zero-order chi connectivity index (χ0) is 82.1. The van der Waals surface area contributed by atoms with Crippen LogP contribution in [0.25, 0.3) is 287 Å². The molecule has 8 heterocycles. The number of fused-ring (bicyclic) bond motifs is 24. The first-order valence-corrected chi connectivity index (χ1v) is 42.4. The number of aromatic nitrogens is 8. The Morgan fingerprint density at radius 3 is 1.02 bits per heavy atom. The summed E-state index contributed by atoms with van der Waals surface area (Å²) in [6, 6.07) is 134. The lowest BCUT2D eigenvalue weighted by molar-refractivity contribution is 0.668. The van der Waals surface area contributed by atoms with E-state index in [1.807, 2.05) is 54.6 Å². The van der Waals surface area contributed by atoms with E-state index < -0.39 is 0 Å². The zero-order valence-electron chi connectivity index (χ0n) is 67.0. The number of benzene rings is 20. The second-order valence-corrected chi connectivity index (χ2v) is 33.2. The summed E-state index contributed by atoms with van der Waals surface area (Å²) in [5.41, 5.74) is 19.0. The molecule has 0 unspecified atom stereocenters. The van der Waals surface area contributed by atoms with Crippen molar-refractivity contribution in [3.63, 3.8) is 0 Å². The molecule has 20 aromatic carbocycles. The molecule has 582 valence electrons. The predicted molar refractivity (Wildman–Crippen MR) is 514 cm³/mol. The Morgan fingerprint density at radius 2 is 0.476 bits per heavy atom. The van der Waals surface area contributed by atoms with Gasteiger partial charge in [0.2, 0.25) is 0 Å². The number of furan rings is 4. The average molecular weight is 1610 g/mol. The van der Waals surface area contributed by atoms with Crippen LogP contribution >= 0.6 is 0 Å². The minimum absolute atomic E-state index is 0.490. The summed E-state index contributed by atoms with van der Waals surface area (Å²) in [6.07, 6.45) is 0. The Morgan fingerprint density at radius 1 is 0.159 bits per heavy atom. The van der Waals surface area contributed by atoms with E-state index in [0.717, 1.165) is 236 Å². The molecule has 12 heteroatoms. The maximum Gasteiger partial charge on any atom is 0.166 e. The van der Waals surface area contributed by atoms with Gasteiger partial charge in [-0.2, -0.15) is 0 Å². The average Bonchev–Trinajstić information content (AvgIpc) is 1.55. The fourth-order valence-electron chi connectivity index (χ4n) is 20.1. The van der Waals surface area contributed by atoms with Crippen LogP contribution in [-0.2, 0) is 0 Å². The largest absolute Gasteiger partial charge is 0.456 e. The minimum Gasteiger partial charge on any atom is -0.456 e. The molecule has 0 spiro atoms. The molecule has 126 heavy (non-hydrogen) atoms. The van der Waals surface area contributed by atoms with Crippen molar-refractivity contribution in [3.8, 4) is 90.8 Å². The van der Waals surface area contributed by atoms with Crippen LogP contribution < -0.4 is 0 Å². The van der Waals surface area contributed by atoms with E-state index in [2.05, 4.69) is 331 Å². The van der Waals surface area contributed by atoms with Crippen molar-refractivity contribution < 1.29 is 17.7 Å². The van der Waals surface area contributed by atoms with Crippen molar-refractivity contribution in [1.29, 1.82) is 0 Å². The van der Waals surface area contributed by atoms with Crippen molar-refractivity contribution in [2.45, 2.75) is 0 Å². The molecule has 0 amide bonds. The first-order chi connectivity index (χ1) is 62.3. The van der Waals surface area contributed by atoms with Gasteiger partial charge in [0.05, 0.1) is 44.6 Å². The number of para-hydroxylation sites is 2. The third kappa shape index (κ3) is 10.4. The molecule has 28 rings (SSSR count). The SMILES string of the molecule is c1ccc(-c2nc(-c3ccc4c(c3)oc3ccccc34)nc(-c3c(-n4c5cc6ccccc6cc5c5cc6cc(-c7ccc8oc9cc(-c%10nc(-c%11ccc%12ccccc%12c%11)nc(-c%11c(-n%12c%13cc%14ccccc%14cc%13c%13cc%14ccccc%14cc%13%12)ccc%12oc%13cc%14ccccc%14cc%13c%11%12)n%10)ccc9c8c7)ccc6cc54)ccc4oc5ccccc5c34)n2)cc1. The molecule has 0 saturated carbocycles. The first kappa shape index (κ1) is 68.5. The fourth-order valence-corrected chi connectivity index (χ4v) is 20.1. The Hall–Kier alpha value is -17.2. The highest BCUT2D eigenvalue weighted by molar-refractivity contribution is 6.23. The van der Waals surface area contributed by atoms with Gasteiger partial charge >= 0.3 is 0 Å². The van der Waals surface area contributed by atoms with Gasteiger partial charge in [0.15, 0.2) is 34.9 Å². The van der Waals surface area contributed by atoms with Crippen LogP contribution in [-0.4, -0.2) is 39.0 Å². The summed E-state index contributed by atoms with van der Waals surface area (Å²) < 4.78 is 32.2. The van der Waals surface area contributed by atoms with Crippen LogP contribution in [0.2, 0.25) is 0 Å². The van der Waals surface area contributed by atoms with Crippen LogP contribution in [0, 0.1) is 0 Å². The van der Waals surface area contributed by atoms with E-state index in [4.69, 9.17) is 47.6 Å². The molecule has 12 nitrogen and oxygen atoms in total. The first-order valence-electron chi connectivity index (χ1n) is 42.4. The Bertz CT molecular complexity index is 9570. The van der Waals surface area contributed by atoms with Gasteiger partial charge in [0.1, 0.15) is 44.7 Å². The lowest BCUT2D eigenvalue weighted by Crippen LogP contribution is -2.04. The minimum atomic E-state index is 0.490. The third-order valence-electron chi connectivity index (χ3n) is 26.0. The molecule has 0 aliphatic rings. The normalized spacial score (nSPS) is 12.3. The van der Waals surface area contributed by atoms with Gasteiger partial charge in [0, 0.05) is 86.9 Å². The van der Waals surface area contributed by atoms with Crippen LogP contribution in [0.15, 0.2) is 394 Å². The Balaban J connectivity index is 0.608. The van der Waals surface area contributed by atoms with E-state index in [-0.39, 0.29) is 0 Å². The van der Waals surface area contributed by atoms with Crippen molar-refractivity contribution in [2.75, 3.05) is 0 Å². The zero-order valence-corrected chi connectivity index (χ0v) is 67.0. The van der Waals surface area contributed by atoms with Crippen molar-refractivity contribution in [2.24, 2.45) is 0 Å². The number of nitrogens with zero attached hydrogens (tertiary/aromatic N) is 8. The maximum atomic E-state index is 7.02. The molecule has 8 aromatic heterocycles. The molecule has 0 fully saturated rings. The molecule has 0 bridgehead atoms. The van der Waals surface area contributed by atoms with Crippen molar-refractivity contribution >= 4 is 196 Å². The number of rotatable bonds is 9. The lowest BCUT2D eigenvalue weighted by atomic mass is 9.98. The number of hydrogen-bond donors (Lipinski definition) is 0. The quantitative estimate of drug-likeness (QED) is 0.137. The molecule has 0 aliphatic heterocycles. The van der Waals surface area contributed by atoms with Crippen LogP contribution in [0.4, 0.5) is 0 Å². The van der Waals surface area contributed by atoms with E-state index in [9.17, 15) is 0 Å². The van der Waals surface area contributed by atoms with E-state index in [1.165, 1.54) is 10.8 Å². The predicted octanol–water partition coefficient (Wildman–Crippen LogP) is 30.4. The van der Waals surface area contributed by atoms with Gasteiger partial charge in [0.25, 0.3) is 0 Å². The summed E-state index contributed by atoms with van der Waals surface area (Å²) in [5, 5.41) is 25.6. The summed E-state index contributed by atoms with van der Waals surface area (Å²) in [6.45, 7) is 0. The van der Waals surface area contributed by atoms with Crippen molar-refractivity contribution in [1.82, 2.24) is 39.0 Å². The molecule has 0 saturated heterocycles. The number of hydrogen-bond acceptors (Lipinski definition) is 10. The van der Waals surface area contributed by atoms with E-state index in [0.29, 0.717) is 40.5 Å². The summed E-state index contributed by atoms with van der Waals surface area (Å²) in [4.78, 5) is 33.3. The molecule has 0 N–H and O–H groups in total. The molecule has 0 radical (unpaired) electrons. The summed E-state index contributed by atoms with van der Waals surface area (Å²) >= 11 is 0. The van der Waals surface area contributed by atoms with E-state index in [1.54, 1.807) is 0 Å². The van der Waals surface area contributed by atoms with E-state index >= 15 is 0 Å². The molecule has 28 aromatic rings. The molecular weight excluding hydrogens is 1550 g/mol. The van der Waals surface area contributed by atoms with Gasteiger partial charge in [-0.1, -0.05) is 231 Å². The summed E-state index contributed by atoms with van der Waals surface area (Å²) in [7, 11) is 0. The van der Waals surface area contributed by atoms with Crippen molar-refractivity contribution in [3.05, 3.63) is 376 Å². The second kappa shape index (κ2) is 26.2. The van der Waals surface area contributed by atoms with Gasteiger partial charge in [-0.3, -0.25) is 0 Å². The molecular formula is C114H62N8O4. The van der Waals surface area contributed by atoms with Crippen LogP contribution in [0.3, 0.4) is 0 Å². The third-order valence-corrected chi connectivity index (χ3v) is 26.0.